The molecule has 10 heteroatoms. The zero-order valence-corrected chi connectivity index (χ0v) is 22.1. The molecule has 3 N–H and O–H groups in total. The summed E-state index contributed by atoms with van der Waals surface area (Å²) in [6.07, 6.45) is 2.13. The number of ether oxygens (including phenoxy) is 1. The zero-order valence-electron chi connectivity index (χ0n) is 22.1. The summed E-state index contributed by atoms with van der Waals surface area (Å²) >= 11 is 0. The quantitative estimate of drug-likeness (QED) is 0.445. The summed E-state index contributed by atoms with van der Waals surface area (Å²) in [4.78, 5) is 68.5. The molecule has 2 heterocycles. The highest BCUT2D eigenvalue weighted by molar-refractivity contribution is 6.24. The van der Waals surface area contributed by atoms with Crippen molar-refractivity contribution in [1.29, 1.82) is 0 Å². The van der Waals surface area contributed by atoms with E-state index in [2.05, 4.69) is 0 Å². The molecule has 2 aliphatic carbocycles. The molecule has 3 fully saturated rings. The van der Waals surface area contributed by atoms with Gasteiger partial charge in [-0.3, -0.25) is 19.2 Å². The number of carbonyl (C=O) groups excluding carboxylic acids is 5. The average Bonchev–Trinajstić information content (AvgIpc) is 3.30. The van der Waals surface area contributed by atoms with E-state index >= 15 is 0 Å². The number of para-hydroxylation sites is 2. The summed E-state index contributed by atoms with van der Waals surface area (Å²) < 4.78 is 5.64. The number of carbonyl (C=O) groups is 5. The van der Waals surface area contributed by atoms with Gasteiger partial charge in [0.1, 0.15) is 0 Å². The Morgan fingerprint density at radius 1 is 1.02 bits per heavy atom. The first-order chi connectivity index (χ1) is 19.1. The second kappa shape index (κ2) is 9.04. The van der Waals surface area contributed by atoms with Crippen molar-refractivity contribution in [2.24, 2.45) is 34.8 Å². The lowest BCUT2D eigenvalue weighted by molar-refractivity contribution is -0.136. The molecule has 0 aromatic heterocycles. The summed E-state index contributed by atoms with van der Waals surface area (Å²) in [5.74, 6) is -6.04. The van der Waals surface area contributed by atoms with E-state index in [1.807, 2.05) is 6.08 Å². The summed E-state index contributed by atoms with van der Waals surface area (Å²) in [6, 6.07) is 12.5. The number of aromatic hydroxyl groups is 1. The van der Waals surface area contributed by atoms with E-state index in [0.717, 1.165) is 0 Å². The number of phenols is 1. The Balaban J connectivity index is 1.55. The number of benzene rings is 2. The molecule has 2 aromatic carbocycles. The van der Waals surface area contributed by atoms with Crippen LogP contribution in [0.1, 0.15) is 38.2 Å². The number of urea groups is 1. The van der Waals surface area contributed by atoms with Gasteiger partial charge in [0.15, 0.2) is 11.5 Å². The Morgan fingerprint density at radius 2 is 1.75 bits per heavy atom. The van der Waals surface area contributed by atoms with Gasteiger partial charge in [-0.05, 0) is 50.8 Å². The van der Waals surface area contributed by atoms with Crippen molar-refractivity contribution in [1.82, 2.24) is 4.90 Å². The number of likely N-dealkylation sites (tertiary alicyclic amines) is 1. The number of rotatable bonds is 4. The second-order valence-corrected chi connectivity index (χ2v) is 11.0. The maximum absolute atomic E-state index is 14.3. The molecule has 0 bridgehead atoms. The molecule has 0 unspecified atom stereocenters. The number of hydrogen-bond donors (Lipinski definition) is 2. The Morgan fingerprint density at radius 3 is 2.42 bits per heavy atom. The lowest BCUT2D eigenvalue weighted by Crippen LogP contribution is -2.49. The van der Waals surface area contributed by atoms with Crippen LogP contribution in [0.5, 0.6) is 11.5 Å². The summed E-state index contributed by atoms with van der Waals surface area (Å²) in [6.45, 7) is 3.82. The van der Waals surface area contributed by atoms with Gasteiger partial charge in [0.2, 0.25) is 23.6 Å². The van der Waals surface area contributed by atoms with E-state index in [1.165, 1.54) is 4.90 Å². The SMILES string of the molecule is CCOc1cccc([C@H]2C3=CC[C@@H]4C(=O)N(C(N)=O)C(=O)[C@@H]4[C@@H]3C[C@H]3C(=O)N(c4ccccc4)C(=O)[C@@]23C)c1O. The van der Waals surface area contributed by atoms with Gasteiger partial charge in [-0.25, -0.2) is 9.69 Å². The number of primary amides is 1. The van der Waals surface area contributed by atoms with E-state index in [-0.39, 0.29) is 24.3 Å². The molecule has 2 aromatic rings. The van der Waals surface area contributed by atoms with Crippen LogP contribution < -0.4 is 15.4 Å². The molecule has 0 spiro atoms. The first kappa shape index (κ1) is 25.8. The third-order valence-electron chi connectivity index (χ3n) is 9.15. The van der Waals surface area contributed by atoms with Gasteiger partial charge in [0, 0.05) is 11.5 Å². The lowest BCUT2D eigenvalue weighted by Gasteiger charge is -2.49. The Kier molecular flexibility index (Phi) is 5.83. The Bertz CT molecular complexity index is 1500. The van der Waals surface area contributed by atoms with Gasteiger partial charge in [-0.2, -0.15) is 4.90 Å². The van der Waals surface area contributed by atoms with Crippen LogP contribution in [0.3, 0.4) is 0 Å². The minimum atomic E-state index is -1.31. The van der Waals surface area contributed by atoms with Crippen LogP contribution in [-0.4, -0.2) is 46.3 Å². The largest absolute Gasteiger partial charge is 0.504 e. The van der Waals surface area contributed by atoms with E-state index in [0.29, 0.717) is 28.3 Å². The predicted molar refractivity (Wildman–Crippen MR) is 142 cm³/mol. The molecule has 2 aliphatic heterocycles. The first-order valence-electron chi connectivity index (χ1n) is 13.4. The number of amides is 6. The molecule has 1 saturated carbocycles. The van der Waals surface area contributed by atoms with Gasteiger partial charge in [0.25, 0.3) is 0 Å². The number of phenolic OH excluding ortho intramolecular Hbond substituents is 1. The number of fused-ring (bicyclic) bond motifs is 4. The van der Waals surface area contributed by atoms with Crippen molar-refractivity contribution in [2.45, 2.75) is 32.6 Å². The molecule has 40 heavy (non-hydrogen) atoms. The number of hydrogen-bond acceptors (Lipinski definition) is 7. The minimum absolute atomic E-state index is 0.130. The molecular weight excluding hydrogens is 514 g/mol. The highest BCUT2D eigenvalue weighted by Gasteiger charge is 2.68. The number of nitrogens with two attached hydrogens (primary N) is 1. The third-order valence-corrected chi connectivity index (χ3v) is 9.15. The normalized spacial score (nSPS) is 31.1. The van der Waals surface area contributed by atoms with E-state index in [9.17, 15) is 29.1 Å². The van der Waals surface area contributed by atoms with E-state index < -0.39 is 64.7 Å². The maximum Gasteiger partial charge on any atom is 0.328 e. The fraction of sp³-hybridized carbons (Fsp3) is 0.367. The standard InChI is InChI=1S/C30H29N3O7/c1-3-40-21-11-7-10-18(24(21)34)23-16-12-13-17-22(27(37)33(25(17)35)29(31)39)19(16)14-20-26(36)32(28(38)30(20,23)2)15-8-5-4-6-9-15/h4-12,17,19-20,22-23,34H,3,13-14H2,1-2H3,(H2,31,39)/t17-,19+,20-,22-,23+,30+/m0/s1. The molecule has 4 aliphatic rings. The van der Waals surface area contributed by atoms with Crippen LogP contribution >= 0.6 is 0 Å². The molecule has 6 amide bonds. The molecule has 6 rings (SSSR count). The van der Waals surface area contributed by atoms with Crippen molar-refractivity contribution < 1.29 is 33.8 Å². The minimum Gasteiger partial charge on any atom is -0.504 e. The van der Waals surface area contributed by atoms with Crippen LogP contribution in [-0.2, 0) is 19.2 Å². The number of nitrogens with zero attached hydrogens (tertiary/aromatic N) is 2. The Labute approximate surface area is 230 Å². The lowest BCUT2D eigenvalue weighted by atomic mass is 9.51. The van der Waals surface area contributed by atoms with Crippen LogP contribution in [0.2, 0.25) is 0 Å². The number of anilines is 1. The molecule has 6 atom stereocenters. The molecule has 0 radical (unpaired) electrons. The van der Waals surface area contributed by atoms with Crippen LogP contribution in [0.4, 0.5) is 10.5 Å². The van der Waals surface area contributed by atoms with Crippen molar-refractivity contribution in [3.05, 3.63) is 65.7 Å². The smallest absolute Gasteiger partial charge is 0.328 e. The van der Waals surface area contributed by atoms with Crippen LogP contribution in [0.15, 0.2) is 60.2 Å². The maximum atomic E-state index is 14.3. The summed E-state index contributed by atoms with van der Waals surface area (Å²) in [7, 11) is 0. The van der Waals surface area contributed by atoms with E-state index in [1.54, 1.807) is 62.4 Å². The summed E-state index contributed by atoms with van der Waals surface area (Å²) in [5.41, 5.74) is 5.60. The zero-order chi connectivity index (χ0) is 28.5. The highest BCUT2D eigenvalue weighted by Crippen LogP contribution is 2.64. The van der Waals surface area contributed by atoms with Gasteiger partial charge in [-0.1, -0.05) is 42.0 Å². The van der Waals surface area contributed by atoms with Crippen molar-refractivity contribution in [2.75, 3.05) is 11.5 Å². The van der Waals surface area contributed by atoms with Gasteiger partial charge in [-0.15, -0.1) is 0 Å². The first-order valence-corrected chi connectivity index (χ1v) is 13.4. The van der Waals surface area contributed by atoms with Crippen molar-refractivity contribution in [3.8, 4) is 11.5 Å². The van der Waals surface area contributed by atoms with E-state index in [4.69, 9.17) is 10.5 Å². The van der Waals surface area contributed by atoms with Crippen molar-refractivity contribution in [3.63, 3.8) is 0 Å². The third kappa shape index (κ3) is 3.31. The molecule has 206 valence electrons. The van der Waals surface area contributed by atoms with Gasteiger partial charge in [0.05, 0.1) is 35.5 Å². The van der Waals surface area contributed by atoms with Crippen molar-refractivity contribution >= 4 is 35.3 Å². The van der Waals surface area contributed by atoms with Crippen LogP contribution in [0, 0.1) is 29.1 Å². The average molecular weight is 544 g/mol. The monoisotopic (exact) mass is 543 g/mol. The fourth-order valence-electron chi connectivity index (χ4n) is 7.44. The predicted octanol–water partition coefficient (Wildman–Crippen LogP) is 3.10. The van der Waals surface area contributed by atoms with Gasteiger partial charge >= 0.3 is 6.03 Å². The second-order valence-electron chi connectivity index (χ2n) is 11.0. The molecule has 2 saturated heterocycles. The topological polar surface area (TPSA) is 147 Å². The molecule has 10 nitrogen and oxygen atoms in total. The molecular formula is C30H29N3O7. The highest BCUT2D eigenvalue weighted by atomic mass is 16.5. The van der Waals surface area contributed by atoms with Gasteiger partial charge < -0.3 is 15.6 Å². The van der Waals surface area contributed by atoms with Crippen LogP contribution in [0.25, 0.3) is 0 Å². The Hall–Kier alpha value is -4.47. The fourth-order valence-corrected chi connectivity index (χ4v) is 7.44. The number of imide groups is 4. The number of allylic oxidation sites excluding steroid dienone is 2. The summed E-state index contributed by atoms with van der Waals surface area (Å²) in [5, 5.41) is 11.4.